The van der Waals surface area contributed by atoms with Crippen molar-refractivity contribution in [3.05, 3.63) is 65.9 Å². The first-order valence-electron chi connectivity index (χ1n) is 7.79. The second kappa shape index (κ2) is 6.14. The summed E-state index contributed by atoms with van der Waals surface area (Å²) in [5, 5.41) is 3.77. The molecule has 0 bridgehead atoms. The molecule has 2 heterocycles. The van der Waals surface area contributed by atoms with Crippen LogP contribution in [-0.2, 0) is 0 Å². The summed E-state index contributed by atoms with van der Waals surface area (Å²) >= 11 is 1.66. The van der Waals surface area contributed by atoms with Crippen LogP contribution in [0.3, 0.4) is 0 Å². The maximum absolute atomic E-state index is 12.1. The molecule has 0 radical (unpaired) electrons. The molecule has 2 aromatic carbocycles. The van der Waals surface area contributed by atoms with E-state index in [1.54, 1.807) is 18.3 Å². The molecule has 4 rings (SSSR count). The maximum Gasteiger partial charge on any atom is 0.277 e. The number of benzene rings is 2. The molecule has 5 nitrogen and oxygen atoms in total. The number of thiazole rings is 1. The molecular weight excluding hydrogens is 334 g/mol. The van der Waals surface area contributed by atoms with Crippen LogP contribution in [-0.4, -0.2) is 15.9 Å². The van der Waals surface area contributed by atoms with Crippen LogP contribution >= 0.6 is 11.3 Å². The zero-order chi connectivity index (χ0) is 17.4. The molecule has 0 unspecified atom stereocenters. The predicted molar refractivity (Wildman–Crippen MR) is 99.0 cm³/mol. The van der Waals surface area contributed by atoms with Gasteiger partial charge in [-0.25, -0.2) is 9.97 Å². The average Bonchev–Trinajstić information content (AvgIpc) is 3.21. The third kappa shape index (κ3) is 3.16. The number of carbonyl (C=O) groups is 1. The van der Waals surface area contributed by atoms with Crippen molar-refractivity contribution in [1.82, 2.24) is 9.97 Å². The van der Waals surface area contributed by atoms with E-state index in [9.17, 15) is 4.79 Å². The third-order valence-corrected chi connectivity index (χ3v) is 4.85. The molecule has 0 atom stereocenters. The summed E-state index contributed by atoms with van der Waals surface area (Å²) in [7, 11) is 0. The lowest BCUT2D eigenvalue weighted by Gasteiger charge is -2.03. The molecule has 4 aromatic rings. The van der Waals surface area contributed by atoms with Crippen LogP contribution < -0.4 is 5.32 Å². The molecule has 0 fully saturated rings. The van der Waals surface area contributed by atoms with Crippen molar-refractivity contribution in [2.45, 2.75) is 13.8 Å². The van der Waals surface area contributed by atoms with Gasteiger partial charge >= 0.3 is 0 Å². The van der Waals surface area contributed by atoms with Crippen LogP contribution in [0.4, 0.5) is 5.69 Å². The van der Waals surface area contributed by atoms with Gasteiger partial charge in [0, 0.05) is 18.2 Å². The van der Waals surface area contributed by atoms with Crippen molar-refractivity contribution in [2.24, 2.45) is 0 Å². The van der Waals surface area contributed by atoms with Gasteiger partial charge in [-0.1, -0.05) is 6.07 Å². The maximum atomic E-state index is 12.1. The van der Waals surface area contributed by atoms with E-state index in [1.165, 1.54) is 16.5 Å². The van der Waals surface area contributed by atoms with E-state index in [1.807, 2.05) is 30.3 Å². The van der Waals surface area contributed by atoms with Gasteiger partial charge in [0.25, 0.3) is 5.91 Å². The summed E-state index contributed by atoms with van der Waals surface area (Å²) in [5.74, 6) is 0.173. The van der Waals surface area contributed by atoms with Crippen LogP contribution in [0.2, 0.25) is 0 Å². The van der Waals surface area contributed by atoms with E-state index in [-0.39, 0.29) is 11.6 Å². The lowest BCUT2D eigenvalue weighted by molar-refractivity contribution is 0.102. The average molecular weight is 349 g/mol. The van der Waals surface area contributed by atoms with E-state index in [2.05, 4.69) is 34.3 Å². The molecule has 0 saturated heterocycles. The summed E-state index contributed by atoms with van der Waals surface area (Å²) in [6.45, 7) is 3.78. The van der Waals surface area contributed by atoms with Gasteiger partial charge in [-0.15, -0.1) is 11.3 Å². The topological polar surface area (TPSA) is 68.0 Å². The fourth-order valence-corrected chi connectivity index (χ4v) is 3.58. The highest BCUT2D eigenvalue weighted by Gasteiger charge is 2.11. The predicted octanol–water partition coefficient (Wildman–Crippen LogP) is 4.82. The number of nitrogens with zero attached hydrogens (tertiary/aromatic N) is 2. The molecule has 0 saturated carbocycles. The van der Waals surface area contributed by atoms with Crippen LogP contribution in [0.1, 0.15) is 21.9 Å². The number of aromatic nitrogens is 2. The van der Waals surface area contributed by atoms with Gasteiger partial charge in [0.2, 0.25) is 0 Å². The van der Waals surface area contributed by atoms with E-state index < -0.39 is 0 Å². The number of oxazole rings is 1. The SMILES string of the molecule is Cc1ccc2nc(-c3ccc(NC(=O)c4coc(C)n4)cc3)sc2c1. The van der Waals surface area contributed by atoms with Crippen molar-refractivity contribution in [1.29, 1.82) is 0 Å². The first-order chi connectivity index (χ1) is 12.1. The monoisotopic (exact) mass is 349 g/mol. The Morgan fingerprint density at radius 3 is 2.60 bits per heavy atom. The highest BCUT2D eigenvalue weighted by molar-refractivity contribution is 7.21. The standard InChI is InChI=1S/C19H15N3O2S/c1-11-3-8-15-17(9-11)25-19(22-15)13-4-6-14(7-5-13)21-18(23)16-10-24-12(2)20-16/h3-10H,1-2H3,(H,21,23). The van der Waals surface area contributed by atoms with Crippen LogP contribution in [0.15, 0.2) is 53.1 Å². The number of hydrogen-bond acceptors (Lipinski definition) is 5. The molecule has 1 N–H and O–H groups in total. The summed E-state index contributed by atoms with van der Waals surface area (Å²) in [6, 6.07) is 13.9. The Balaban J connectivity index is 1.55. The van der Waals surface area contributed by atoms with Crippen molar-refractivity contribution in [3.63, 3.8) is 0 Å². The fourth-order valence-electron chi connectivity index (χ4n) is 2.51. The van der Waals surface area contributed by atoms with E-state index >= 15 is 0 Å². The summed E-state index contributed by atoms with van der Waals surface area (Å²) in [5.41, 5.74) is 4.22. The lowest BCUT2D eigenvalue weighted by atomic mass is 10.2. The minimum absolute atomic E-state index is 0.267. The van der Waals surface area contributed by atoms with Gasteiger partial charge in [-0.05, 0) is 48.9 Å². The smallest absolute Gasteiger partial charge is 0.277 e. The molecule has 1 amide bonds. The Kier molecular flexibility index (Phi) is 3.82. The molecule has 25 heavy (non-hydrogen) atoms. The molecule has 0 aliphatic rings. The normalized spacial score (nSPS) is 11.0. The van der Waals surface area contributed by atoms with Crippen molar-refractivity contribution < 1.29 is 9.21 Å². The first-order valence-corrected chi connectivity index (χ1v) is 8.61. The highest BCUT2D eigenvalue weighted by Crippen LogP contribution is 2.31. The van der Waals surface area contributed by atoms with Gasteiger partial charge in [-0.2, -0.15) is 0 Å². The zero-order valence-electron chi connectivity index (χ0n) is 13.7. The second-order valence-corrected chi connectivity index (χ2v) is 6.80. The number of fused-ring (bicyclic) bond motifs is 1. The van der Waals surface area contributed by atoms with Gasteiger partial charge in [-0.3, -0.25) is 4.79 Å². The number of hydrogen-bond donors (Lipinski definition) is 1. The van der Waals surface area contributed by atoms with Crippen molar-refractivity contribution in [2.75, 3.05) is 5.32 Å². The van der Waals surface area contributed by atoms with Gasteiger partial charge < -0.3 is 9.73 Å². The van der Waals surface area contributed by atoms with Crippen molar-refractivity contribution >= 4 is 33.1 Å². The Morgan fingerprint density at radius 1 is 1.08 bits per heavy atom. The molecular formula is C19H15N3O2S. The first kappa shape index (κ1) is 15.5. The summed E-state index contributed by atoms with van der Waals surface area (Å²) < 4.78 is 6.23. The van der Waals surface area contributed by atoms with E-state index in [0.717, 1.165) is 16.1 Å². The lowest BCUT2D eigenvalue weighted by Crippen LogP contribution is -2.12. The second-order valence-electron chi connectivity index (χ2n) is 5.77. The number of anilines is 1. The molecule has 0 aliphatic carbocycles. The number of aryl methyl sites for hydroxylation is 2. The number of amides is 1. The quantitative estimate of drug-likeness (QED) is 0.576. The Morgan fingerprint density at radius 2 is 1.88 bits per heavy atom. The third-order valence-electron chi connectivity index (χ3n) is 3.79. The molecule has 0 aliphatic heterocycles. The molecule has 2 aromatic heterocycles. The zero-order valence-corrected chi connectivity index (χ0v) is 14.6. The molecule has 124 valence electrons. The number of nitrogens with one attached hydrogen (secondary N) is 1. The van der Waals surface area contributed by atoms with Gasteiger partial charge in [0.05, 0.1) is 10.2 Å². The summed E-state index contributed by atoms with van der Waals surface area (Å²) in [6.07, 6.45) is 1.35. The highest BCUT2D eigenvalue weighted by atomic mass is 32.1. The minimum atomic E-state index is -0.292. The summed E-state index contributed by atoms with van der Waals surface area (Å²) in [4.78, 5) is 20.8. The minimum Gasteiger partial charge on any atom is -0.448 e. The van der Waals surface area contributed by atoms with Crippen LogP contribution in [0, 0.1) is 13.8 Å². The molecule has 6 heteroatoms. The largest absolute Gasteiger partial charge is 0.448 e. The number of rotatable bonds is 3. The molecule has 0 spiro atoms. The fraction of sp³-hybridized carbons (Fsp3) is 0.105. The number of carbonyl (C=O) groups excluding carboxylic acids is 1. The Bertz CT molecular complexity index is 1060. The van der Waals surface area contributed by atoms with Crippen LogP contribution in [0.25, 0.3) is 20.8 Å². The van der Waals surface area contributed by atoms with E-state index in [0.29, 0.717) is 11.6 Å². The van der Waals surface area contributed by atoms with Gasteiger partial charge in [0.1, 0.15) is 11.3 Å². The van der Waals surface area contributed by atoms with Gasteiger partial charge in [0.15, 0.2) is 11.6 Å². The Hall–Kier alpha value is -2.99. The van der Waals surface area contributed by atoms with E-state index in [4.69, 9.17) is 4.42 Å². The van der Waals surface area contributed by atoms with Crippen molar-refractivity contribution in [3.8, 4) is 10.6 Å². The Labute approximate surface area is 148 Å². The van der Waals surface area contributed by atoms with Crippen LogP contribution in [0.5, 0.6) is 0 Å².